The van der Waals surface area contributed by atoms with Gasteiger partial charge in [-0.3, -0.25) is 4.90 Å². The zero-order valence-electron chi connectivity index (χ0n) is 8.44. The van der Waals surface area contributed by atoms with Gasteiger partial charge in [-0.25, -0.2) is 0 Å². The standard InChI is InChI=1S/C9H16N4S/c1-7(10)9-12-11-8(14-9)6-13-4-2-3-5-13/h7H,2-6,10H2,1H3. The largest absolute Gasteiger partial charge is 0.322 e. The third-order valence-corrected chi connectivity index (χ3v) is 3.54. The molecule has 1 aliphatic rings. The first kappa shape index (κ1) is 10.0. The minimum Gasteiger partial charge on any atom is -0.322 e. The van der Waals surface area contributed by atoms with Crippen LogP contribution in [-0.4, -0.2) is 28.2 Å². The van der Waals surface area contributed by atoms with Gasteiger partial charge in [0, 0.05) is 0 Å². The maximum atomic E-state index is 5.73. The molecule has 0 radical (unpaired) electrons. The van der Waals surface area contributed by atoms with Crippen LogP contribution >= 0.6 is 11.3 Å². The van der Waals surface area contributed by atoms with Crippen LogP contribution in [0.15, 0.2) is 0 Å². The molecule has 2 heterocycles. The number of rotatable bonds is 3. The van der Waals surface area contributed by atoms with Crippen molar-refractivity contribution in [1.29, 1.82) is 0 Å². The Balaban J connectivity index is 1.95. The molecular weight excluding hydrogens is 196 g/mol. The van der Waals surface area contributed by atoms with Gasteiger partial charge in [-0.2, -0.15) is 0 Å². The Morgan fingerprint density at radius 1 is 1.43 bits per heavy atom. The van der Waals surface area contributed by atoms with E-state index in [0.717, 1.165) is 16.6 Å². The van der Waals surface area contributed by atoms with Crippen LogP contribution in [-0.2, 0) is 6.54 Å². The quantitative estimate of drug-likeness (QED) is 0.816. The van der Waals surface area contributed by atoms with Crippen LogP contribution in [0.4, 0.5) is 0 Å². The highest BCUT2D eigenvalue weighted by Crippen LogP contribution is 2.18. The molecule has 4 nitrogen and oxygen atoms in total. The van der Waals surface area contributed by atoms with Crippen molar-refractivity contribution < 1.29 is 0 Å². The number of nitrogens with two attached hydrogens (primary N) is 1. The number of likely N-dealkylation sites (tertiary alicyclic amines) is 1. The molecule has 1 unspecified atom stereocenters. The second kappa shape index (κ2) is 4.33. The van der Waals surface area contributed by atoms with Crippen molar-refractivity contribution in [2.45, 2.75) is 32.4 Å². The molecule has 2 rings (SSSR count). The predicted molar refractivity (Wildman–Crippen MR) is 57.0 cm³/mol. The lowest BCUT2D eigenvalue weighted by Gasteiger charge is -2.10. The number of hydrogen-bond acceptors (Lipinski definition) is 5. The Hall–Kier alpha value is -0.520. The van der Waals surface area contributed by atoms with Gasteiger partial charge >= 0.3 is 0 Å². The Labute approximate surface area is 88.1 Å². The molecule has 1 atom stereocenters. The van der Waals surface area contributed by atoms with Crippen molar-refractivity contribution in [2.75, 3.05) is 13.1 Å². The molecule has 1 aromatic heterocycles. The van der Waals surface area contributed by atoms with Crippen LogP contribution in [0.2, 0.25) is 0 Å². The Morgan fingerprint density at radius 2 is 2.14 bits per heavy atom. The van der Waals surface area contributed by atoms with Crippen LogP contribution in [0.25, 0.3) is 0 Å². The van der Waals surface area contributed by atoms with Crippen molar-refractivity contribution in [3.05, 3.63) is 10.0 Å². The van der Waals surface area contributed by atoms with E-state index in [0.29, 0.717) is 0 Å². The van der Waals surface area contributed by atoms with Gasteiger partial charge in [0.2, 0.25) is 0 Å². The monoisotopic (exact) mass is 212 g/mol. The molecule has 1 fully saturated rings. The zero-order valence-corrected chi connectivity index (χ0v) is 9.26. The molecule has 0 saturated carbocycles. The summed E-state index contributed by atoms with van der Waals surface area (Å²) in [5, 5.41) is 10.3. The highest BCUT2D eigenvalue weighted by atomic mass is 32.1. The molecular formula is C9H16N4S. The van der Waals surface area contributed by atoms with E-state index in [1.165, 1.54) is 25.9 Å². The summed E-state index contributed by atoms with van der Waals surface area (Å²) in [6, 6.07) is 0.0137. The van der Waals surface area contributed by atoms with Gasteiger partial charge < -0.3 is 5.73 Å². The summed E-state index contributed by atoms with van der Waals surface area (Å²) in [5.74, 6) is 0. The molecule has 1 saturated heterocycles. The molecule has 78 valence electrons. The zero-order chi connectivity index (χ0) is 9.97. The van der Waals surface area contributed by atoms with Crippen LogP contribution < -0.4 is 5.73 Å². The lowest BCUT2D eigenvalue weighted by molar-refractivity contribution is 0.330. The third kappa shape index (κ3) is 2.29. The summed E-state index contributed by atoms with van der Waals surface area (Å²) >= 11 is 1.64. The van der Waals surface area contributed by atoms with Gasteiger partial charge in [0.25, 0.3) is 0 Å². The van der Waals surface area contributed by atoms with E-state index in [1.807, 2.05) is 6.92 Å². The Bertz CT molecular complexity index is 291. The summed E-state index contributed by atoms with van der Waals surface area (Å²) < 4.78 is 0. The van der Waals surface area contributed by atoms with E-state index < -0.39 is 0 Å². The first-order valence-electron chi connectivity index (χ1n) is 5.06. The van der Waals surface area contributed by atoms with Gasteiger partial charge in [0.05, 0.1) is 12.6 Å². The van der Waals surface area contributed by atoms with Crippen molar-refractivity contribution in [2.24, 2.45) is 5.73 Å². The van der Waals surface area contributed by atoms with E-state index in [1.54, 1.807) is 11.3 Å². The van der Waals surface area contributed by atoms with Gasteiger partial charge in [0.15, 0.2) is 0 Å². The van der Waals surface area contributed by atoms with Crippen molar-refractivity contribution in [3.8, 4) is 0 Å². The van der Waals surface area contributed by atoms with Crippen LogP contribution in [0.1, 0.15) is 35.8 Å². The summed E-state index contributed by atoms with van der Waals surface area (Å²) in [4.78, 5) is 2.42. The van der Waals surface area contributed by atoms with Crippen molar-refractivity contribution in [3.63, 3.8) is 0 Å². The summed E-state index contributed by atoms with van der Waals surface area (Å²) in [7, 11) is 0. The molecule has 5 heteroatoms. The second-order valence-electron chi connectivity index (χ2n) is 3.81. The topological polar surface area (TPSA) is 55.0 Å². The second-order valence-corrected chi connectivity index (χ2v) is 4.90. The van der Waals surface area contributed by atoms with Gasteiger partial charge in [-0.15, -0.1) is 10.2 Å². The van der Waals surface area contributed by atoms with Crippen molar-refractivity contribution in [1.82, 2.24) is 15.1 Å². The fourth-order valence-electron chi connectivity index (χ4n) is 1.65. The molecule has 1 aliphatic heterocycles. The third-order valence-electron chi connectivity index (χ3n) is 2.43. The Kier molecular flexibility index (Phi) is 3.10. The average molecular weight is 212 g/mol. The van der Waals surface area contributed by atoms with Crippen LogP contribution in [0.3, 0.4) is 0 Å². The van der Waals surface area contributed by atoms with Crippen LogP contribution in [0.5, 0.6) is 0 Å². The van der Waals surface area contributed by atoms with E-state index in [2.05, 4.69) is 15.1 Å². The lowest BCUT2D eigenvalue weighted by atomic mass is 10.4. The van der Waals surface area contributed by atoms with E-state index in [9.17, 15) is 0 Å². The fraction of sp³-hybridized carbons (Fsp3) is 0.778. The summed E-state index contributed by atoms with van der Waals surface area (Å²) in [6.45, 7) is 5.30. The van der Waals surface area contributed by atoms with E-state index in [4.69, 9.17) is 5.73 Å². The van der Waals surface area contributed by atoms with Gasteiger partial charge in [-0.1, -0.05) is 11.3 Å². The number of aromatic nitrogens is 2. The Morgan fingerprint density at radius 3 is 2.71 bits per heavy atom. The van der Waals surface area contributed by atoms with Gasteiger partial charge in [-0.05, 0) is 32.9 Å². The predicted octanol–water partition coefficient (Wildman–Crippen LogP) is 1.15. The smallest absolute Gasteiger partial charge is 0.134 e. The SMILES string of the molecule is CC(N)c1nnc(CN2CCCC2)s1. The van der Waals surface area contributed by atoms with E-state index >= 15 is 0 Å². The maximum absolute atomic E-state index is 5.73. The highest BCUT2D eigenvalue weighted by molar-refractivity contribution is 7.11. The molecule has 0 aliphatic carbocycles. The first-order chi connectivity index (χ1) is 6.75. The minimum atomic E-state index is 0.0137. The minimum absolute atomic E-state index is 0.0137. The first-order valence-corrected chi connectivity index (χ1v) is 5.87. The highest BCUT2D eigenvalue weighted by Gasteiger charge is 2.15. The lowest BCUT2D eigenvalue weighted by Crippen LogP contribution is -2.18. The molecule has 0 amide bonds. The molecule has 1 aromatic rings. The van der Waals surface area contributed by atoms with Crippen LogP contribution in [0, 0.1) is 0 Å². The number of hydrogen-bond donors (Lipinski definition) is 1. The number of nitrogens with zero attached hydrogens (tertiary/aromatic N) is 3. The molecule has 2 N–H and O–H groups in total. The van der Waals surface area contributed by atoms with E-state index in [-0.39, 0.29) is 6.04 Å². The molecule has 0 spiro atoms. The fourth-order valence-corrected chi connectivity index (χ4v) is 2.48. The normalized spacial score (nSPS) is 20.1. The van der Waals surface area contributed by atoms with Crippen molar-refractivity contribution >= 4 is 11.3 Å². The summed E-state index contributed by atoms with van der Waals surface area (Å²) in [6.07, 6.45) is 2.64. The molecule has 14 heavy (non-hydrogen) atoms. The van der Waals surface area contributed by atoms with Gasteiger partial charge in [0.1, 0.15) is 10.0 Å². The summed E-state index contributed by atoms with van der Waals surface area (Å²) in [5.41, 5.74) is 5.73. The molecule has 0 bridgehead atoms. The maximum Gasteiger partial charge on any atom is 0.134 e. The average Bonchev–Trinajstić information content (AvgIpc) is 2.75. The molecule has 0 aromatic carbocycles.